The topological polar surface area (TPSA) is 82.0 Å². The maximum atomic E-state index is 7.17. The lowest BCUT2D eigenvalue weighted by Crippen LogP contribution is -2.07. The van der Waals surface area contributed by atoms with Gasteiger partial charge in [0.25, 0.3) is 0 Å². The third kappa shape index (κ3) is 3.01. The third-order valence-corrected chi connectivity index (χ3v) is 2.26. The largest absolute Gasteiger partial charge is 0.631 e. The van der Waals surface area contributed by atoms with Crippen molar-refractivity contribution in [3.8, 4) is 11.5 Å². The van der Waals surface area contributed by atoms with Gasteiger partial charge >= 0.3 is 7.32 Å². The van der Waals surface area contributed by atoms with Gasteiger partial charge in [-0.2, -0.15) is 0 Å². The van der Waals surface area contributed by atoms with Crippen molar-refractivity contribution in [1.29, 1.82) is 0 Å². The van der Waals surface area contributed by atoms with Crippen molar-refractivity contribution < 1.29 is 19.8 Å². The summed E-state index contributed by atoms with van der Waals surface area (Å²) in [5.41, 5.74) is 2.04. The lowest BCUT2D eigenvalue weighted by molar-refractivity contribution is 0.278. The van der Waals surface area contributed by atoms with Crippen molar-refractivity contribution in [2.24, 2.45) is 0 Å². The first-order valence-corrected chi connectivity index (χ1v) is 5.34. The van der Waals surface area contributed by atoms with E-state index in [9.17, 15) is 0 Å². The second-order valence-corrected chi connectivity index (χ2v) is 3.57. The number of hydrogen-bond acceptors (Lipinski definition) is 5. The first kappa shape index (κ1) is 12.4. The average Bonchev–Trinajstić information content (AvgIpc) is 2.35. The summed E-state index contributed by atoms with van der Waals surface area (Å²) in [7, 11) is -2.17. The third-order valence-electron chi connectivity index (χ3n) is 2.26. The first-order valence-electron chi connectivity index (χ1n) is 5.34. The summed E-state index contributed by atoms with van der Waals surface area (Å²) >= 11 is 0. The summed E-state index contributed by atoms with van der Waals surface area (Å²) in [6, 6.07) is 15.8. The number of fused-ring (bicyclic) bond motifs is 2. The molecule has 0 saturated carbocycles. The number of hydrogen-bond donors (Lipinski definition) is 4. The van der Waals surface area contributed by atoms with Crippen LogP contribution in [0.1, 0.15) is 0 Å². The van der Waals surface area contributed by atoms with Gasteiger partial charge in [-0.05, 0) is 24.3 Å². The first-order chi connectivity index (χ1) is 8.66. The highest BCUT2D eigenvalue weighted by Crippen LogP contribution is 2.40. The number of nitrogens with one attached hydrogen (secondary N) is 1. The quantitative estimate of drug-likeness (QED) is 0.451. The van der Waals surface area contributed by atoms with Gasteiger partial charge in [0.1, 0.15) is 0 Å². The molecular formula is C12H12BNO4. The van der Waals surface area contributed by atoms with Crippen molar-refractivity contribution in [1.82, 2.24) is 0 Å². The SMILES string of the molecule is OB(O)O.c1ccc2c(c1)Nc1ccccc1O2. The average molecular weight is 245 g/mol. The van der Waals surface area contributed by atoms with E-state index in [0.717, 1.165) is 22.9 Å². The van der Waals surface area contributed by atoms with Crippen LogP contribution in [0, 0.1) is 0 Å². The summed E-state index contributed by atoms with van der Waals surface area (Å²) in [4.78, 5) is 0. The van der Waals surface area contributed by atoms with Gasteiger partial charge < -0.3 is 25.1 Å². The van der Waals surface area contributed by atoms with Gasteiger partial charge in [0.2, 0.25) is 0 Å². The normalized spacial score (nSPS) is 10.8. The van der Waals surface area contributed by atoms with Crippen LogP contribution in [0.4, 0.5) is 11.4 Å². The van der Waals surface area contributed by atoms with Crippen LogP contribution in [0.2, 0.25) is 0 Å². The van der Waals surface area contributed by atoms with E-state index in [0.29, 0.717) is 0 Å². The highest BCUT2D eigenvalue weighted by molar-refractivity contribution is 6.30. The van der Waals surface area contributed by atoms with Gasteiger partial charge in [0.05, 0.1) is 11.4 Å². The maximum Gasteiger partial charge on any atom is 0.631 e. The zero-order chi connectivity index (χ0) is 13.0. The second-order valence-electron chi connectivity index (χ2n) is 3.57. The Kier molecular flexibility index (Phi) is 3.83. The summed E-state index contributed by atoms with van der Waals surface area (Å²) in [6.07, 6.45) is 0. The van der Waals surface area contributed by atoms with E-state index < -0.39 is 7.32 Å². The van der Waals surface area contributed by atoms with E-state index in [2.05, 4.69) is 5.32 Å². The molecule has 4 N–H and O–H groups in total. The molecule has 3 rings (SSSR count). The fraction of sp³-hybridized carbons (Fsp3) is 0. The van der Waals surface area contributed by atoms with Gasteiger partial charge in [-0.3, -0.25) is 0 Å². The van der Waals surface area contributed by atoms with E-state index in [1.807, 2.05) is 48.5 Å². The monoisotopic (exact) mass is 245 g/mol. The van der Waals surface area contributed by atoms with Gasteiger partial charge in [-0.15, -0.1) is 0 Å². The Morgan fingerprint density at radius 1 is 0.778 bits per heavy atom. The molecule has 0 aromatic heterocycles. The highest BCUT2D eigenvalue weighted by Gasteiger charge is 2.13. The molecule has 2 aromatic rings. The minimum absolute atomic E-state index is 0.881. The molecule has 0 atom stereocenters. The Morgan fingerprint density at radius 2 is 1.17 bits per heavy atom. The molecule has 5 nitrogen and oxygen atoms in total. The van der Waals surface area contributed by atoms with Crippen LogP contribution in [0.25, 0.3) is 0 Å². The van der Waals surface area contributed by atoms with Gasteiger partial charge in [0.15, 0.2) is 11.5 Å². The van der Waals surface area contributed by atoms with E-state index in [-0.39, 0.29) is 0 Å². The Bertz CT molecular complexity index is 443. The van der Waals surface area contributed by atoms with E-state index in [4.69, 9.17) is 19.8 Å². The van der Waals surface area contributed by atoms with Crippen molar-refractivity contribution in [2.45, 2.75) is 0 Å². The number of ether oxygens (including phenoxy) is 1. The van der Waals surface area contributed by atoms with Crippen LogP contribution in [0.3, 0.4) is 0 Å². The predicted octanol–water partition coefficient (Wildman–Crippen LogP) is 1.48. The molecule has 0 saturated heterocycles. The molecule has 0 unspecified atom stereocenters. The number of benzene rings is 2. The lowest BCUT2D eigenvalue weighted by atomic mass is 10.2. The number of anilines is 2. The standard InChI is InChI=1S/C12H9NO.BH3O3/c1-3-7-11-9(5-1)13-10-6-2-4-8-12(10)14-11;2-1(3)4/h1-8,13H;2-4H. The lowest BCUT2D eigenvalue weighted by Gasteiger charge is -2.20. The predicted molar refractivity (Wildman–Crippen MR) is 68.7 cm³/mol. The van der Waals surface area contributed by atoms with Crippen molar-refractivity contribution in [3.63, 3.8) is 0 Å². The minimum Gasteiger partial charge on any atom is -0.453 e. The molecule has 0 bridgehead atoms. The zero-order valence-electron chi connectivity index (χ0n) is 9.45. The van der Waals surface area contributed by atoms with Crippen LogP contribution >= 0.6 is 0 Å². The second kappa shape index (κ2) is 5.55. The fourth-order valence-corrected chi connectivity index (χ4v) is 1.58. The van der Waals surface area contributed by atoms with Gasteiger partial charge in [0, 0.05) is 0 Å². The Morgan fingerprint density at radius 3 is 1.61 bits per heavy atom. The smallest absolute Gasteiger partial charge is 0.453 e. The Labute approximate surface area is 104 Å². The molecule has 2 aromatic carbocycles. The summed E-state index contributed by atoms with van der Waals surface area (Å²) < 4.78 is 5.71. The number of rotatable bonds is 0. The van der Waals surface area contributed by atoms with Crippen LogP contribution in [0.15, 0.2) is 48.5 Å². The van der Waals surface area contributed by atoms with E-state index >= 15 is 0 Å². The van der Waals surface area contributed by atoms with Crippen molar-refractivity contribution in [2.75, 3.05) is 5.32 Å². The molecule has 1 aliphatic rings. The molecule has 1 heterocycles. The molecule has 0 spiro atoms. The van der Waals surface area contributed by atoms with Gasteiger partial charge in [-0.25, -0.2) is 0 Å². The highest BCUT2D eigenvalue weighted by atomic mass is 16.5. The van der Waals surface area contributed by atoms with Gasteiger partial charge in [-0.1, -0.05) is 24.3 Å². The molecule has 6 heteroatoms. The van der Waals surface area contributed by atoms with Crippen LogP contribution in [-0.4, -0.2) is 22.4 Å². The molecule has 0 fully saturated rings. The van der Waals surface area contributed by atoms with E-state index in [1.54, 1.807) is 0 Å². The van der Waals surface area contributed by atoms with E-state index in [1.165, 1.54) is 0 Å². The maximum absolute atomic E-state index is 7.17. The fourth-order valence-electron chi connectivity index (χ4n) is 1.58. The zero-order valence-corrected chi connectivity index (χ0v) is 9.45. The van der Waals surface area contributed by atoms with Crippen LogP contribution in [-0.2, 0) is 0 Å². The van der Waals surface area contributed by atoms with Crippen molar-refractivity contribution >= 4 is 18.7 Å². The van der Waals surface area contributed by atoms with Crippen molar-refractivity contribution in [3.05, 3.63) is 48.5 Å². The molecule has 1 aliphatic heterocycles. The minimum atomic E-state index is -2.17. The van der Waals surface area contributed by atoms with Crippen LogP contribution in [0.5, 0.6) is 11.5 Å². The molecule has 18 heavy (non-hydrogen) atoms. The molecular weight excluding hydrogens is 233 g/mol. The summed E-state index contributed by atoms with van der Waals surface area (Å²) in [5.74, 6) is 1.76. The molecule has 0 aliphatic carbocycles. The summed E-state index contributed by atoms with van der Waals surface area (Å²) in [6.45, 7) is 0. The number of para-hydroxylation sites is 4. The van der Waals surface area contributed by atoms with Crippen LogP contribution < -0.4 is 10.1 Å². The Hall–Kier alpha value is -2.02. The molecule has 0 amide bonds. The summed E-state index contributed by atoms with van der Waals surface area (Å²) in [5, 5.41) is 24.8. The molecule has 92 valence electrons. The molecule has 0 radical (unpaired) electrons. The Balaban J connectivity index is 0.000000267.